The molecule has 2 heterocycles. The third-order valence-corrected chi connectivity index (χ3v) is 4.66. The van der Waals surface area contributed by atoms with Crippen LogP contribution in [0, 0.1) is 0 Å². The highest BCUT2D eigenvalue weighted by atomic mass is 16.1. The summed E-state index contributed by atoms with van der Waals surface area (Å²) in [5.74, 6) is 0.734. The molecule has 122 valence electrons. The van der Waals surface area contributed by atoms with E-state index in [0.717, 1.165) is 37.3 Å². The second-order valence-corrected chi connectivity index (χ2v) is 6.33. The Hall–Kier alpha value is -1.94. The predicted octanol–water partition coefficient (Wildman–Crippen LogP) is 3.16. The molecular formula is C19H25N3O. The molecule has 0 radical (unpaired) electrons. The fourth-order valence-electron chi connectivity index (χ4n) is 3.34. The lowest BCUT2D eigenvalue weighted by Crippen LogP contribution is -2.27. The Bertz CT molecular complexity index is 666. The number of carbonyl (C=O) groups is 1. The zero-order valence-electron chi connectivity index (χ0n) is 14.0. The lowest BCUT2D eigenvalue weighted by molar-refractivity contribution is 0.101. The maximum Gasteiger partial charge on any atom is 0.159 e. The fourth-order valence-corrected chi connectivity index (χ4v) is 3.34. The molecule has 1 aliphatic heterocycles. The van der Waals surface area contributed by atoms with Crippen molar-refractivity contribution in [1.82, 2.24) is 15.1 Å². The van der Waals surface area contributed by atoms with Crippen LogP contribution in [0.2, 0.25) is 0 Å². The van der Waals surface area contributed by atoms with E-state index in [4.69, 9.17) is 5.10 Å². The molecule has 4 heteroatoms. The van der Waals surface area contributed by atoms with E-state index in [1.165, 1.54) is 24.1 Å². The molecule has 1 aliphatic rings. The van der Waals surface area contributed by atoms with Gasteiger partial charge in [-0.2, -0.15) is 5.10 Å². The molecule has 0 bridgehead atoms. The van der Waals surface area contributed by atoms with Crippen molar-refractivity contribution < 1.29 is 4.79 Å². The van der Waals surface area contributed by atoms with Gasteiger partial charge in [-0.3, -0.25) is 9.48 Å². The smallest absolute Gasteiger partial charge is 0.159 e. The van der Waals surface area contributed by atoms with Crippen molar-refractivity contribution >= 4 is 5.78 Å². The molecule has 1 fully saturated rings. The van der Waals surface area contributed by atoms with Crippen molar-refractivity contribution in [3.8, 4) is 0 Å². The van der Waals surface area contributed by atoms with Crippen LogP contribution in [0.5, 0.6) is 0 Å². The molecule has 2 aromatic rings. The molecule has 0 unspecified atom stereocenters. The molecule has 1 aromatic carbocycles. The summed E-state index contributed by atoms with van der Waals surface area (Å²) in [6.07, 6.45) is 3.21. The summed E-state index contributed by atoms with van der Waals surface area (Å²) >= 11 is 0. The molecule has 0 aliphatic carbocycles. The van der Waals surface area contributed by atoms with Gasteiger partial charge in [-0.05, 0) is 51.4 Å². The van der Waals surface area contributed by atoms with Gasteiger partial charge in [-0.15, -0.1) is 0 Å². The number of aryl methyl sites for hydroxylation is 1. The van der Waals surface area contributed by atoms with Crippen molar-refractivity contribution in [1.29, 1.82) is 0 Å². The molecule has 4 nitrogen and oxygen atoms in total. The van der Waals surface area contributed by atoms with E-state index in [0.29, 0.717) is 5.92 Å². The highest BCUT2D eigenvalue weighted by molar-refractivity contribution is 5.94. The molecule has 23 heavy (non-hydrogen) atoms. The van der Waals surface area contributed by atoms with Crippen LogP contribution in [0.1, 0.15) is 59.9 Å². The Morgan fingerprint density at radius 2 is 1.96 bits per heavy atom. The Labute approximate surface area is 137 Å². The number of piperidine rings is 1. The molecule has 3 rings (SSSR count). The molecule has 0 amide bonds. The van der Waals surface area contributed by atoms with E-state index < -0.39 is 0 Å². The van der Waals surface area contributed by atoms with Crippen LogP contribution in [-0.4, -0.2) is 28.7 Å². The minimum absolute atomic E-state index is 0.111. The van der Waals surface area contributed by atoms with E-state index >= 15 is 0 Å². The molecule has 0 saturated carbocycles. The first kappa shape index (κ1) is 15.9. The van der Waals surface area contributed by atoms with E-state index in [-0.39, 0.29) is 5.78 Å². The molecule has 0 atom stereocenters. The van der Waals surface area contributed by atoms with Crippen molar-refractivity contribution in [2.24, 2.45) is 0 Å². The van der Waals surface area contributed by atoms with Crippen LogP contribution in [-0.2, 0) is 13.0 Å². The van der Waals surface area contributed by atoms with E-state index in [9.17, 15) is 4.79 Å². The number of benzene rings is 1. The van der Waals surface area contributed by atoms with Crippen molar-refractivity contribution in [2.75, 3.05) is 13.1 Å². The largest absolute Gasteiger partial charge is 0.317 e. The minimum atomic E-state index is 0.111. The van der Waals surface area contributed by atoms with Gasteiger partial charge >= 0.3 is 0 Å². The van der Waals surface area contributed by atoms with Crippen LogP contribution >= 0.6 is 0 Å². The summed E-state index contributed by atoms with van der Waals surface area (Å²) in [4.78, 5) is 11.4. The van der Waals surface area contributed by atoms with E-state index in [2.05, 4.69) is 23.0 Å². The van der Waals surface area contributed by atoms with Crippen molar-refractivity contribution in [3.63, 3.8) is 0 Å². The Kier molecular flexibility index (Phi) is 4.91. The number of ketones is 1. The number of Topliss-reactive ketones (excluding diaryl/α,β-unsaturated/α-hetero) is 1. The maximum atomic E-state index is 11.4. The summed E-state index contributed by atoms with van der Waals surface area (Å²) < 4.78 is 2.16. The summed E-state index contributed by atoms with van der Waals surface area (Å²) in [7, 11) is 0. The lowest BCUT2D eigenvalue weighted by atomic mass is 9.94. The van der Waals surface area contributed by atoms with Gasteiger partial charge in [0.1, 0.15) is 0 Å². The van der Waals surface area contributed by atoms with Crippen LogP contribution in [0.25, 0.3) is 0 Å². The van der Waals surface area contributed by atoms with Gasteiger partial charge in [0.05, 0.1) is 5.69 Å². The van der Waals surface area contributed by atoms with Gasteiger partial charge in [-0.1, -0.05) is 24.3 Å². The third-order valence-electron chi connectivity index (χ3n) is 4.66. The van der Waals surface area contributed by atoms with Gasteiger partial charge in [0.15, 0.2) is 5.78 Å². The first-order valence-corrected chi connectivity index (χ1v) is 8.54. The van der Waals surface area contributed by atoms with Gasteiger partial charge in [-0.25, -0.2) is 0 Å². The molecule has 1 N–H and O–H groups in total. The van der Waals surface area contributed by atoms with Crippen LogP contribution in [0.4, 0.5) is 0 Å². The minimum Gasteiger partial charge on any atom is -0.317 e. The molecule has 1 aromatic heterocycles. The predicted molar refractivity (Wildman–Crippen MR) is 92.0 cm³/mol. The lowest BCUT2D eigenvalue weighted by Gasteiger charge is -2.23. The Balaban J connectivity index is 1.77. The van der Waals surface area contributed by atoms with Gasteiger partial charge < -0.3 is 5.32 Å². The van der Waals surface area contributed by atoms with Crippen LogP contribution < -0.4 is 5.32 Å². The highest BCUT2D eigenvalue weighted by Gasteiger charge is 2.20. The second kappa shape index (κ2) is 7.09. The maximum absolute atomic E-state index is 11.4. The first-order valence-electron chi connectivity index (χ1n) is 8.54. The topological polar surface area (TPSA) is 46.9 Å². The number of aromatic nitrogens is 2. The van der Waals surface area contributed by atoms with E-state index in [1.807, 2.05) is 24.3 Å². The summed E-state index contributed by atoms with van der Waals surface area (Å²) in [6.45, 7) is 6.87. The number of hydrogen-bond acceptors (Lipinski definition) is 3. The van der Waals surface area contributed by atoms with E-state index in [1.54, 1.807) is 6.92 Å². The van der Waals surface area contributed by atoms with Crippen molar-refractivity contribution in [2.45, 2.75) is 45.6 Å². The quantitative estimate of drug-likeness (QED) is 0.863. The van der Waals surface area contributed by atoms with Crippen LogP contribution in [0.3, 0.4) is 0 Å². The molecule has 0 spiro atoms. The van der Waals surface area contributed by atoms with Gasteiger partial charge in [0.25, 0.3) is 0 Å². The highest BCUT2D eigenvalue weighted by Crippen LogP contribution is 2.26. The van der Waals surface area contributed by atoms with Crippen molar-refractivity contribution in [3.05, 3.63) is 52.8 Å². The zero-order chi connectivity index (χ0) is 16.2. The zero-order valence-corrected chi connectivity index (χ0v) is 14.0. The monoisotopic (exact) mass is 311 g/mol. The molecular weight excluding hydrogens is 286 g/mol. The number of rotatable bonds is 5. The summed E-state index contributed by atoms with van der Waals surface area (Å²) in [5, 5.41) is 8.21. The van der Waals surface area contributed by atoms with Gasteiger partial charge in [0.2, 0.25) is 0 Å². The fraction of sp³-hybridized carbons (Fsp3) is 0.474. The summed E-state index contributed by atoms with van der Waals surface area (Å²) in [5.41, 5.74) is 4.47. The second-order valence-electron chi connectivity index (χ2n) is 6.33. The standard InChI is InChI=1S/C19H25N3O/c1-3-22-19(17-8-10-20-11-9-17)13-18(21-22)12-15-4-6-16(7-5-15)14(2)23/h4-7,13,17,20H,3,8-12H2,1-2H3. The Morgan fingerprint density at radius 1 is 1.26 bits per heavy atom. The number of nitrogens with one attached hydrogen (secondary N) is 1. The number of nitrogens with zero attached hydrogens (tertiary/aromatic N) is 2. The SMILES string of the molecule is CCn1nc(Cc2ccc(C(C)=O)cc2)cc1C1CCNCC1. The summed E-state index contributed by atoms with van der Waals surface area (Å²) in [6, 6.07) is 10.2. The number of carbonyl (C=O) groups excluding carboxylic acids is 1. The molecule has 1 saturated heterocycles. The van der Waals surface area contributed by atoms with Crippen LogP contribution in [0.15, 0.2) is 30.3 Å². The normalized spacial score (nSPS) is 15.7. The van der Waals surface area contributed by atoms with Gasteiger partial charge in [0, 0.05) is 30.1 Å². The number of hydrogen-bond donors (Lipinski definition) is 1. The average molecular weight is 311 g/mol. The Morgan fingerprint density at radius 3 is 2.57 bits per heavy atom. The average Bonchev–Trinajstić information content (AvgIpc) is 2.99. The third kappa shape index (κ3) is 3.70. The first-order chi connectivity index (χ1) is 11.2.